The highest BCUT2D eigenvalue weighted by Crippen LogP contribution is 2.61. The highest BCUT2D eigenvalue weighted by atomic mass is 35.5. The number of para-hydroxylation sites is 2. The number of nitrogens with zero attached hydrogens (tertiary/aromatic N) is 3. The zero-order valence-electron chi connectivity index (χ0n) is 21.5. The zero-order chi connectivity index (χ0) is 27.5. The molecule has 1 fully saturated rings. The first-order valence-electron chi connectivity index (χ1n) is 12.9. The number of rotatable bonds is 8. The zero-order valence-corrected chi connectivity index (χ0v) is 23.1. The second-order valence-electron chi connectivity index (χ2n) is 9.44. The average Bonchev–Trinajstić information content (AvgIpc) is 3.58. The van der Waals surface area contributed by atoms with Gasteiger partial charge in [0.25, 0.3) is 0 Å². The summed E-state index contributed by atoms with van der Waals surface area (Å²) in [6, 6.07) is 22.8. The summed E-state index contributed by atoms with van der Waals surface area (Å²) in [5.74, 6) is 0.427. The molecule has 3 heterocycles. The normalized spacial score (nSPS) is 14.8. The maximum Gasteiger partial charge on any atom is 0.413 e. The number of hydrogen-bond acceptors (Lipinski definition) is 7. The number of aryl methyl sites for hydroxylation is 1. The number of fused-ring (bicyclic) bond motifs is 1. The minimum Gasteiger partial charge on any atom is -0.427 e. The maximum atomic E-state index is 12.9. The third-order valence-corrected chi connectivity index (χ3v) is 8.73. The van der Waals surface area contributed by atoms with Crippen LogP contribution in [0, 0.1) is 0 Å². The fourth-order valence-electron chi connectivity index (χ4n) is 4.53. The molecule has 0 bridgehead atoms. The summed E-state index contributed by atoms with van der Waals surface area (Å²) < 4.78 is 19.0. The number of halogens is 1. The van der Waals surface area contributed by atoms with Gasteiger partial charge >= 0.3 is 14.0 Å². The molecule has 6 rings (SSSR count). The highest BCUT2D eigenvalue weighted by Gasteiger charge is 2.43. The Labute approximate surface area is 236 Å². The van der Waals surface area contributed by atoms with Crippen LogP contribution >= 0.6 is 19.5 Å². The molecule has 11 heteroatoms. The van der Waals surface area contributed by atoms with Crippen LogP contribution in [0.5, 0.6) is 0 Å². The highest BCUT2D eigenvalue weighted by molar-refractivity contribution is 7.59. The molecule has 0 radical (unpaired) electrons. The third kappa shape index (κ3) is 5.94. The van der Waals surface area contributed by atoms with E-state index in [0.717, 1.165) is 28.6 Å². The van der Waals surface area contributed by atoms with Crippen LogP contribution in [0.1, 0.15) is 24.2 Å². The summed E-state index contributed by atoms with van der Waals surface area (Å²) >= 11 is 6.10. The van der Waals surface area contributed by atoms with Gasteiger partial charge < -0.3 is 9.73 Å². The Morgan fingerprint density at radius 3 is 2.55 bits per heavy atom. The van der Waals surface area contributed by atoms with Crippen LogP contribution in [-0.2, 0) is 26.4 Å². The molecule has 1 aliphatic rings. The van der Waals surface area contributed by atoms with E-state index in [9.17, 15) is 9.69 Å². The minimum atomic E-state index is -2.85. The lowest BCUT2D eigenvalue weighted by Gasteiger charge is -2.21. The number of amides is 1. The van der Waals surface area contributed by atoms with E-state index in [1.165, 1.54) is 0 Å². The van der Waals surface area contributed by atoms with Gasteiger partial charge in [-0.05, 0) is 42.0 Å². The SMILES string of the molecule is O=C(CCc1oc(-n2cnc3ccccc32)nc1-c1ccc(Cl)cc1)Nc1ccc(C[P+]2(O)OCCCO2)cc1. The van der Waals surface area contributed by atoms with Crippen molar-refractivity contribution >= 4 is 42.2 Å². The molecule has 2 N–H and O–H groups in total. The van der Waals surface area contributed by atoms with Crippen LogP contribution < -0.4 is 5.32 Å². The van der Waals surface area contributed by atoms with Crippen molar-refractivity contribution in [2.24, 2.45) is 0 Å². The van der Waals surface area contributed by atoms with Crippen molar-refractivity contribution < 1.29 is 23.2 Å². The molecule has 0 saturated carbocycles. The molecular formula is C29H27ClN4O5P+. The minimum absolute atomic E-state index is 0.161. The van der Waals surface area contributed by atoms with Crippen LogP contribution in [0.15, 0.2) is 83.5 Å². The molecule has 1 amide bonds. The van der Waals surface area contributed by atoms with Crippen molar-refractivity contribution in [1.82, 2.24) is 14.5 Å². The first kappa shape index (κ1) is 26.6. The van der Waals surface area contributed by atoms with E-state index in [2.05, 4.69) is 10.3 Å². The van der Waals surface area contributed by atoms with Crippen molar-refractivity contribution in [2.45, 2.75) is 25.4 Å². The van der Waals surface area contributed by atoms with Crippen LogP contribution in [-0.4, -0.2) is 38.5 Å². The van der Waals surface area contributed by atoms with Crippen molar-refractivity contribution in [2.75, 3.05) is 18.5 Å². The van der Waals surface area contributed by atoms with Gasteiger partial charge in [-0.2, -0.15) is 18.9 Å². The molecule has 1 saturated heterocycles. The van der Waals surface area contributed by atoms with Crippen molar-refractivity contribution in [3.05, 3.63) is 95.5 Å². The fraction of sp³-hybridized carbons (Fsp3) is 0.207. The van der Waals surface area contributed by atoms with Gasteiger partial charge in [0.15, 0.2) is 6.16 Å². The summed E-state index contributed by atoms with van der Waals surface area (Å²) in [4.78, 5) is 32.6. The maximum absolute atomic E-state index is 12.9. The summed E-state index contributed by atoms with van der Waals surface area (Å²) in [5, 5.41) is 3.55. The van der Waals surface area contributed by atoms with E-state index in [1.54, 1.807) is 35.2 Å². The molecule has 204 valence electrons. The Bertz CT molecular complexity index is 1630. The third-order valence-electron chi connectivity index (χ3n) is 6.54. The first-order valence-corrected chi connectivity index (χ1v) is 15.1. The van der Waals surface area contributed by atoms with Gasteiger partial charge in [0.1, 0.15) is 17.8 Å². The number of benzene rings is 3. The smallest absolute Gasteiger partial charge is 0.413 e. The molecule has 3 aromatic carbocycles. The van der Waals surface area contributed by atoms with Gasteiger partial charge in [-0.3, -0.25) is 9.36 Å². The van der Waals surface area contributed by atoms with E-state index in [1.807, 2.05) is 48.5 Å². The van der Waals surface area contributed by atoms with Gasteiger partial charge in [-0.1, -0.05) is 48.0 Å². The molecule has 0 spiro atoms. The Kier molecular flexibility index (Phi) is 7.65. The molecule has 0 aliphatic carbocycles. The van der Waals surface area contributed by atoms with Crippen molar-refractivity contribution in [1.29, 1.82) is 0 Å². The van der Waals surface area contributed by atoms with E-state index >= 15 is 0 Å². The number of hydrogen-bond donors (Lipinski definition) is 2. The Balaban J connectivity index is 1.16. The Morgan fingerprint density at radius 2 is 1.77 bits per heavy atom. The summed E-state index contributed by atoms with van der Waals surface area (Å²) in [6.07, 6.45) is 3.30. The summed E-state index contributed by atoms with van der Waals surface area (Å²) in [6.45, 7) is 1.01. The van der Waals surface area contributed by atoms with Crippen molar-refractivity contribution in [3.63, 3.8) is 0 Å². The van der Waals surface area contributed by atoms with E-state index in [0.29, 0.717) is 54.0 Å². The summed E-state index contributed by atoms with van der Waals surface area (Å²) in [7, 11) is -2.85. The number of carbonyl (C=O) groups excluding carboxylic acids is 1. The molecule has 40 heavy (non-hydrogen) atoms. The fourth-order valence-corrected chi connectivity index (χ4v) is 6.42. The van der Waals surface area contributed by atoms with Crippen LogP contribution in [0.3, 0.4) is 0 Å². The van der Waals surface area contributed by atoms with E-state index in [4.69, 9.17) is 30.0 Å². The predicted molar refractivity (Wildman–Crippen MR) is 154 cm³/mol. The lowest BCUT2D eigenvalue weighted by molar-refractivity contribution is -0.116. The molecule has 9 nitrogen and oxygen atoms in total. The molecule has 0 unspecified atom stereocenters. The van der Waals surface area contributed by atoms with Gasteiger partial charge in [0, 0.05) is 35.5 Å². The van der Waals surface area contributed by atoms with Gasteiger partial charge in [-0.25, -0.2) is 4.98 Å². The molecule has 1 aliphatic heterocycles. The van der Waals surface area contributed by atoms with Gasteiger partial charge in [0.05, 0.1) is 24.2 Å². The molecular weight excluding hydrogens is 551 g/mol. The number of anilines is 1. The van der Waals surface area contributed by atoms with E-state index < -0.39 is 7.94 Å². The monoisotopic (exact) mass is 577 g/mol. The Morgan fingerprint density at radius 1 is 1.02 bits per heavy atom. The van der Waals surface area contributed by atoms with Crippen molar-refractivity contribution in [3.8, 4) is 17.3 Å². The lowest BCUT2D eigenvalue weighted by Crippen LogP contribution is -2.14. The number of aromatic nitrogens is 3. The number of carbonyl (C=O) groups is 1. The molecule has 5 aromatic rings. The molecule has 2 aromatic heterocycles. The lowest BCUT2D eigenvalue weighted by atomic mass is 10.1. The average molecular weight is 578 g/mol. The van der Waals surface area contributed by atoms with Crippen LogP contribution in [0.4, 0.5) is 5.69 Å². The van der Waals surface area contributed by atoms with Crippen LogP contribution in [0.2, 0.25) is 5.02 Å². The summed E-state index contributed by atoms with van der Waals surface area (Å²) in [5.41, 5.74) is 4.72. The standard InChI is InChI=1S/C29H26ClN4O5P/c30-22-10-8-21(9-11-22)28-26(39-29(33-28)34-19-31-24-4-1-2-5-25(24)34)14-15-27(35)32-23-12-6-20(7-13-23)18-40(36)37-16-3-17-38-40/h1-2,4-13,19,36H,3,14-18H2/p+1. The molecule has 0 atom stereocenters. The number of oxazole rings is 1. The first-order chi connectivity index (χ1) is 19.5. The van der Waals surface area contributed by atoms with Gasteiger partial charge in [0.2, 0.25) is 5.91 Å². The van der Waals surface area contributed by atoms with Gasteiger partial charge in [-0.15, -0.1) is 0 Å². The second-order valence-corrected chi connectivity index (χ2v) is 12.0. The number of nitrogens with one attached hydrogen (secondary N) is 1. The quantitative estimate of drug-likeness (QED) is 0.200. The largest absolute Gasteiger partial charge is 0.427 e. The Hall–Kier alpha value is -3.59. The number of imidazole rings is 1. The predicted octanol–water partition coefficient (Wildman–Crippen LogP) is 6.60. The van der Waals surface area contributed by atoms with Crippen LogP contribution in [0.25, 0.3) is 28.3 Å². The topological polar surface area (TPSA) is 112 Å². The van der Waals surface area contributed by atoms with E-state index in [-0.39, 0.29) is 12.3 Å². The second kappa shape index (κ2) is 11.5.